The fraction of sp³-hybridized carbons (Fsp3) is 0.150. The van der Waals surface area contributed by atoms with Crippen molar-refractivity contribution < 1.29 is 9.53 Å². The second-order valence-electron chi connectivity index (χ2n) is 5.65. The second-order valence-corrected chi connectivity index (χ2v) is 5.65. The summed E-state index contributed by atoms with van der Waals surface area (Å²) in [4.78, 5) is 11.6. The monoisotopic (exact) mass is 335 g/mol. The van der Waals surface area contributed by atoms with Crippen LogP contribution in [-0.2, 0) is 11.3 Å². The fourth-order valence-corrected chi connectivity index (χ4v) is 2.58. The fourth-order valence-electron chi connectivity index (χ4n) is 2.58. The predicted octanol–water partition coefficient (Wildman–Crippen LogP) is 4.29. The first-order valence-electron chi connectivity index (χ1n) is 8.20. The van der Waals surface area contributed by atoms with Crippen molar-refractivity contribution in [2.24, 2.45) is 5.84 Å². The maximum absolute atomic E-state index is 11.6. The molecule has 0 heterocycles. The van der Waals surface area contributed by atoms with E-state index in [9.17, 15) is 4.79 Å². The summed E-state index contributed by atoms with van der Waals surface area (Å²) in [5.41, 5.74) is 2.75. The average Bonchev–Trinajstić information content (AvgIpc) is 2.66. The molecule has 0 saturated heterocycles. The Morgan fingerprint density at radius 1 is 1.04 bits per heavy atom. The zero-order valence-electron chi connectivity index (χ0n) is 14.1. The number of hydrazine groups is 1. The second kappa shape index (κ2) is 7.68. The molecule has 0 fully saturated rings. The summed E-state index contributed by atoms with van der Waals surface area (Å²) in [7, 11) is 0. The number of nitrogens with two attached hydrogens (primary N) is 1. The van der Waals surface area contributed by atoms with Gasteiger partial charge in [0.15, 0.2) is 0 Å². The Morgan fingerprint density at radius 3 is 2.48 bits per heavy atom. The zero-order valence-corrected chi connectivity index (χ0v) is 14.1. The standard InChI is InChI=1S/C20H21N3O2/c1-2-25-20(24)23(21)19-11-7-15(8-12-19)14-22-18-10-9-16-5-3-4-6-17(16)13-18/h3-13,22H,2,14,21H2,1H3. The Hall–Kier alpha value is -3.05. The van der Waals surface area contributed by atoms with Gasteiger partial charge in [0.2, 0.25) is 0 Å². The molecule has 3 N–H and O–H groups in total. The van der Waals surface area contributed by atoms with Crippen molar-refractivity contribution in [1.29, 1.82) is 0 Å². The van der Waals surface area contributed by atoms with Crippen molar-refractivity contribution in [3.63, 3.8) is 0 Å². The summed E-state index contributed by atoms with van der Waals surface area (Å²) in [6, 6.07) is 22.0. The van der Waals surface area contributed by atoms with Crippen molar-refractivity contribution in [3.05, 3.63) is 72.3 Å². The third-order valence-electron chi connectivity index (χ3n) is 3.93. The van der Waals surface area contributed by atoms with E-state index in [0.29, 0.717) is 18.8 Å². The number of hydrogen-bond donors (Lipinski definition) is 2. The van der Waals surface area contributed by atoms with E-state index in [1.807, 2.05) is 24.3 Å². The Balaban J connectivity index is 1.63. The van der Waals surface area contributed by atoms with Crippen molar-refractivity contribution in [2.75, 3.05) is 16.9 Å². The first kappa shape index (κ1) is 16.8. The number of carbonyl (C=O) groups is 1. The summed E-state index contributed by atoms with van der Waals surface area (Å²) in [5.74, 6) is 5.74. The lowest BCUT2D eigenvalue weighted by atomic mass is 10.1. The van der Waals surface area contributed by atoms with E-state index in [-0.39, 0.29) is 0 Å². The Kier molecular flexibility index (Phi) is 5.16. The number of hydrogen-bond acceptors (Lipinski definition) is 4. The first-order valence-corrected chi connectivity index (χ1v) is 8.20. The van der Waals surface area contributed by atoms with Gasteiger partial charge in [-0.2, -0.15) is 0 Å². The molecule has 0 radical (unpaired) electrons. The lowest BCUT2D eigenvalue weighted by Gasteiger charge is -2.16. The highest BCUT2D eigenvalue weighted by atomic mass is 16.6. The molecule has 128 valence electrons. The van der Waals surface area contributed by atoms with Crippen LogP contribution in [0.1, 0.15) is 12.5 Å². The van der Waals surface area contributed by atoms with Gasteiger partial charge in [-0.05, 0) is 47.5 Å². The summed E-state index contributed by atoms with van der Waals surface area (Å²) >= 11 is 0. The SMILES string of the molecule is CCOC(=O)N(N)c1ccc(CNc2ccc3ccccc3c2)cc1. The van der Waals surface area contributed by atoms with E-state index in [1.165, 1.54) is 10.8 Å². The number of nitrogens with zero attached hydrogens (tertiary/aromatic N) is 1. The first-order chi connectivity index (χ1) is 12.2. The molecule has 25 heavy (non-hydrogen) atoms. The lowest BCUT2D eigenvalue weighted by molar-refractivity contribution is 0.160. The van der Waals surface area contributed by atoms with Crippen LogP contribution < -0.4 is 16.2 Å². The van der Waals surface area contributed by atoms with Crippen LogP contribution in [0.5, 0.6) is 0 Å². The van der Waals surface area contributed by atoms with Crippen LogP contribution in [0.25, 0.3) is 10.8 Å². The molecule has 0 atom stereocenters. The number of benzene rings is 3. The summed E-state index contributed by atoms with van der Waals surface area (Å²) in [6.07, 6.45) is -0.565. The number of ether oxygens (including phenoxy) is 1. The minimum Gasteiger partial charge on any atom is -0.449 e. The Labute approximate surface area is 147 Å². The van der Waals surface area contributed by atoms with E-state index >= 15 is 0 Å². The molecular formula is C20H21N3O2. The minimum atomic E-state index is -0.565. The highest BCUT2D eigenvalue weighted by Crippen LogP contribution is 2.20. The predicted molar refractivity (Wildman–Crippen MR) is 101 cm³/mol. The van der Waals surface area contributed by atoms with Crippen molar-refractivity contribution in [3.8, 4) is 0 Å². The molecule has 1 amide bonds. The number of fused-ring (bicyclic) bond motifs is 1. The summed E-state index contributed by atoms with van der Waals surface area (Å²) in [5, 5.41) is 6.84. The van der Waals surface area contributed by atoms with Gasteiger partial charge in [0, 0.05) is 12.2 Å². The van der Waals surface area contributed by atoms with Crippen LogP contribution in [-0.4, -0.2) is 12.7 Å². The smallest absolute Gasteiger partial charge is 0.428 e. The van der Waals surface area contributed by atoms with Crippen LogP contribution in [0.15, 0.2) is 66.7 Å². The van der Waals surface area contributed by atoms with Gasteiger partial charge in [0.05, 0.1) is 12.3 Å². The van der Waals surface area contributed by atoms with E-state index in [2.05, 4.69) is 35.6 Å². The molecular weight excluding hydrogens is 314 g/mol. The van der Waals surface area contributed by atoms with E-state index < -0.39 is 6.09 Å². The summed E-state index contributed by atoms with van der Waals surface area (Å²) in [6.45, 7) is 2.72. The third kappa shape index (κ3) is 4.08. The third-order valence-corrected chi connectivity index (χ3v) is 3.93. The molecule has 0 saturated carbocycles. The minimum absolute atomic E-state index is 0.292. The largest absolute Gasteiger partial charge is 0.449 e. The molecule has 3 aromatic carbocycles. The molecule has 0 unspecified atom stereocenters. The van der Waals surface area contributed by atoms with Gasteiger partial charge in [-0.25, -0.2) is 15.6 Å². The molecule has 0 aliphatic rings. The highest BCUT2D eigenvalue weighted by molar-refractivity contribution is 5.86. The van der Waals surface area contributed by atoms with Crippen molar-refractivity contribution in [2.45, 2.75) is 13.5 Å². The quantitative estimate of drug-likeness (QED) is 0.415. The van der Waals surface area contributed by atoms with Gasteiger partial charge in [0.25, 0.3) is 0 Å². The van der Waals surface area contributed by atoms with E-state index in [1.54, 1.807) is 19.1 Å². The van der Waals surface area contributed by atoms with Gasteiger partial charge in [-0.3, -0.25) is 0 Å². The Morgan fingerprint density at radius 2 is 1.76 bits per heavy atom. The van der Waals surface area contributed by atoms with E-state index in [4.69, 9.17) is 10.6 Å². The van der Waals surface area contributed by atoms with Gasteiger partial charge >= 0.3 is 6.09 Å². The maximum Gasteiger partial charge on any atom is 0.428 e. The molecule has 3 rings (SSSR count). The van der Waals surface area contributed by atoms with Crippen LogP contribution >= 0.6 is 0 Å². The summed E-state index contributed by atoms with van der Waals surface area (Å²) < 4.78 is 4.88. The normalized spacial score (nSPS) is 10.5. The molecule has 0 aliphatic carbocycles. The average molecular weight is 335 g/mol. The molecule has 0 bridgehead atoms. The Bertz CT molecular complexity index is 862. The molecule has 3 aromatic rings. The van der Waals surface area contributed by atoms with E-state index in [0.717, 1.165) is 16.3 Å². The maximum atomic E-state index is 11.6. The van der Waals surface area contributed by atoms with Gasteiger partial charge in [-0.15, -0.1) is 0 Å². The zero-order chi connectivity index (χ0) is 17.6. The van der Waals surface area contributed by atoms with Crippen LogP contribution in [0, 0.1) is 0 Å². The molecule has 5 heteroatoms. The number of carbonyl (C=O) groups excluding carboxylic acids is 1. The number of rotatable bonds is 5. The molecule has 5 nitrogen and oxygen atoms in total. The van der Waals surface area contributed by atoms with Crippen molar-refractivity contribution in [1.82, 2.24) is 0 Å². The number of anilines is 2. The topological polar surface area (TPSA) is 67.6 Å². The lowest BCUT2D eigenvalue weighted by Crippen LogP contribution is -2.37. The van der Waals surface area contributed by atoms with Crippen LogP contribution in [0.3, 0.4) is 0 Å². The van der Waals surface area contributed by atoms with Crippen LogP contribution in [0.4, 0.5) is 16.2 Å². The number of amides is 1. The molecule has 0 spiro atoms. The van der Waals surface area contributed by atoms with Gasteiger partial charge in [-0.1, -0.05) is 42.5 Å². The highest BCUT2D eigenvalue weighted by Gasteiger charge is 2.12. The molecule has 0 aromatic heterocycles. The van der Waals surface area contributed by atoms with Gasteiger partial charge < -0.3 is 10.1 Å². The molecule has 0 aliphatic heterocycles. The van der Waals surface area contributed by atoms with Gasteiger partial charge in [0.1, 0.15) is 0 Å². The van der Waals surface area contributed by atoms with Crippen molar-refractivity contribution >= 4 is 28.2 Å². The van der Waals surface area contributed by atoms with Crippen LogP contribution in [0.2, 0.25) is 0 Å². The number of nitrogens with one attached hydrogen (secondary N) is 1.